The Balaban J connectivity index is 1.83. The fourth-order valence-corrected chi connectivity index (χ4v) is 3.13. The van der Waals surface area contributed by atoms with Gasteiger partial charge in [-0.25, -0.2) is 0 Å². The van der Waals surface area contributed by atoms with Gasteiger partial charge in [0.2, 0.25) is 0 Å². The molecule has 0 spiro atoms. The van der Waals surface area contributed by atoms with Crippen LogP contribution in [0.15, 0.2) is 0 Å². The average Bonchev–Trinajstić information content (AvgIpc) is 2.76. The zero-order valence-corrected chi connectivity index (χ0v) is 9.34. The molecule has 1 aliphatic carbocycles. The predicted molar refractivity (Wildman–Crippen MR) is 58.3 cm³/mol. The van der Waals surface area contributed by atoms with E-state index in [9.17, 15) is 5.11 Å². The molecule has 0 radical (unpaired) electrons. The average molecular weight is 197 g/mol. The van der Waals surface area contributed by atoms with Gasteiger partial charge < -0.3 is 10.0 Å². The van der Waals surface area contributed by atoms with E-state index < -0.39 is 0 Å². The van der Waals surface area contributed by atoms with Crippen molar-refractivity contribution in [1.29, 1.82) is 0 Å². The molecule has 1 N–H and O–H groups in total. The summed E-state index contributed by atoms with van der Waals surface area (Å²) in [6, 6.07) is 0. The van der Waals surface area contributed by atoms with E-state index in [2.05, 4.69) is 11.8 Å². The molecule has 2 aliphatic rings. The van der Waals surface area contributed by atoms with Crippen LogP contribution in [-0.2, 0) is 0 Å². The molecule has 1 unspecified atom stereocenters. The maximum absolute atomic E-state index is 10.4. The van der Waals surface area contributed by atoms with Crippen LogP contribution in [0.25, 0.3) is 0 Å². The van der Waals surface area contributed by atoms with Crippen LogP contribution in [0.3, 0.4) is 0 Å². The lowest BCUT2D eigenvalue weighted by molar-refractivity contribution is 0.0257. The summed E-state index contributed by atoms with van der Waals surface area (Å²) in [6.07, 6.45) is 7.54. The third-order valence-corrected chi connectivity index (χ3v) is 4.00. The van der Waals surface area contributed by atoms with E-state index in [-0.39, 0.29) is 5.60 Å². The molecule has 0 amide bonds. The molecule has 0 aromatic rings. The molecular formula is C12H23NO. The standard InChI is InChI=1S/C12H23NO/c1-2-13-8-7-12(14,10-13)9-11-5-3-4-6-11/h11,14H,2-10H2,1H3. The molecule has 0 bridgehead atoms. The third-order valence-electron chi connectivity index (χ3n) is 4.00. The smallest absolute Gasteiger partial charge is 0.0788 e. The van der Waals surface area contributed by atoms with Gasteiger partial charge in [-0.15, -0.1) is 0 Å². The molecular weight excluding hydrogens is 174 g/mol. The van der Waals surface area contributed by atoms with E-state index in [0.29, 0.717) is 0 Å². The Labute approximate surface area is 87.3 Å². The molecule has 0 aromatic carbocycles. The first kappa shape index (κ1) is 10.4. The van der Waals surface area contributed by atoms with Crippen molar-refractivity contribution in [3.63, 3.8) is 0 Å². The van der Waals surface area contributed by atoms with Crippen LogP contribution in [0.2, 0.25) is 0 Å². The summed E-state index contributed by atoms with van der Waals surface area (Å²) in [5, 5.41) is 10.4. The van der Waals surface area contributed by atoms with Crippen LogP contribution in [0, 0.1) is 5.92 Å². The number of nitrogens with zero attached hydrogens (tertiary/aromatic N) is 1. The lowest BCUT2D eigenvalue weighted by atomic mass is 9.89. The topological polar surface area (TPSA) is 23.5 Å². The Hall–Kier alpha value is -0.0800. The van der Waals surface area contributed by atoms with Crippen molar-refractivity contribution in [3.8, 4) is 0 Å². The van der Waals surface area contributed by atoms with Crippen LogP contribution in [0.5, 0.6) is 0 Å². The first-order chi connectivity index (χ1) is 6.72. The first-order valence-corrected chi connectivity index (χ1v) is 6.16. The lowest BCUT2D eigenvalue weighted by Crippen LogP contribution is -2.34. The maximum atomic E-state index is 10.4. The summed E-state index contributed by atoms with van der Waals surface area (Å²) in [5.41, 5.74) is -0.342. The highest BCUT2D eigenvalue weighted by molar-refractivity contribution is 4.92. The quantitative estimate of drug-likeness (QED) is 0.748. The summed E-state index contributed by atoms with van der Waals surface area (Å²) < 4.78 is 0. The number of aliphatic hydroxyl groups is 1. The fraction of sp³-hybridized carbons (Fsp3) is 1.00. The lowest BCUT2D eigenvalue weighted by Gasteiger charge is -2.26. The Bertz CT molecular complexity index is 189. The normalized spacial score (nSPS) is 35.6. The molecule has 1 saturated carbocycles. The van der Waals surface area contributed by atoms with E-state index in [1.807, 2.05) is 0 Å². The molecule has 1 aliphatic heterocycles. The zero-order valence-electron chi connectivity index (χ0n) is 9.34. The summed E-state index contributed by atoms with van der Waals surface area (Å²) in [7, 11) is 0. The third kappa shape index (κ3) is 2.29. The highest BCUT2D eigenvalue weighted by Crippen LogP contribution is 2.35. The number of likely N-dealkylation sites (tertiary alicyclic amines) is 1. The largest absolute Gasteiger partial charge is 0.388 e. The molecule has 14 heavy (non-hydrogen) atoms. The van der Waals surface area contributed by atoms with Crippen LogP contribution in [0.1, 0.15) is 45.4 Å². The predicted octanol–water partition coefficient (Wildman–Crippen LogP) is 2.02. The van der Waals surface area contributed by atoms with Crippen LogP contribution in [0.4, 0.5) is 0 Å². The van der Waals surface area contributed by atoms with E-state index in [1.54, 1.807) is 0 Å². The van der Waals surface area contributed by atoms with Crippen molar-refractivity contribution < 1.29 is 5.11 Å². The van der Waals surface area contributed by atoms with Gasteiger partial charge in [0.1, 0.15) is 0 Å². The minimum Gasteiger partial charge on any atom is -0.388 e. The van der Waals surface area contributed by atoms with Crippen LogP contribution < -0.4 is 0 Å². The molecule has 2 heteroatoms. The first-order valence-electron chi connectivity index (χ1n) is 6.16. The second-order valence-corrected chi connectivity index (χ2v) is 5.20. The molecule has 1 heterocycles. The molecule has 2 nitrogen and oxygen atoms in total. The second-order valence-electron chi connectivity index (χ2n) is 5.20. The maximum Gasteiger partial charge on any atom is 0.0788 e. The molecule has 82 valence electrons. The Morgan fingerprint density at radius 3 is 2.64 bits per heavy atom. The molecule has 1 atom stereocenters. The minimum atomic E-state index is -0.342. The van der Waals surface area contributed by atoms with Gasteiger partial charge in [0.05, 0.1) is 5.60 Å². The SMILES string of the molecule is CCN1CCC(O)(CC2CCCC2)C1. The van der Waals surface area contributed by atoms with Crippen molar-refractivity contribution in [2.75, 3.05) is 19.6 Å². The van der Waals surface area contributed by atoms with Gasteiger partial charge in [-0.2, -0.15) is 0 Å². The summed E-state index contributed by atoms with van der Waals surface area (Å²) >= 11 is 0. The Kier molecular flexibility index (Phi) is 3.13. The highest BCUT2D eigenvalue weighted by atomic mass is 16.3. The van der Waals surface area contributed by atoms with Gasteiger partial charge in [-0.1, -0.05) is 32.6 Å². The molecule has 2 fully saturated rings. The monoisotopic (exact) mass is 197 g/mol. The van der Waals surface area contributed by atoms with Gasteiger partial charge >= 0.3 is 0 Å². The highest BCUT2D eigenvalue weighted by Gasteiger charge is 2.37. The number of β-amino-alcohol motifs (C(OH)–C–C–N with tert-alkyl or cyclic N) is 1. The summed E-state index contributed by atoms with van der Waals surface area (Å²) in [5.74, 6) is 0.816. The van der Waals surface area contributed by atoms with E-state index in [1.165, 1.54) is 25.7 Å². The minimum absolute atomic E-state index is 0.342. The van der Waals surface area contributed by atoms with Crippen molar-refractivity contribution >= 4 is 0 Å². The van der Waals surface area contributed by atoms with Crippen molar-refractivity contribution in [3.05, 3.63) is 0 Å². The summed E-state index contributed by atoms with van der Waals surface area (Å²) in [4.78, 5) is 2.37. The van der Waals surface area contributed by atoms with Crippen LogP contribution in [-0.4, -0.2) is 35.2 Å². The van der Waals surface area contributed by atoms with E-state index in [4.69, 9.17) is 0 Å². The van der Waals surface area contributed by atoms with Gasteiger partial charge in [-0.05, 0) is 25.3 Å². The Morgan fingerprint density at radius 1 is 1.36 bits per heavy atom. The Morgan fingerprint density at radius 2 is 2.07 bits per heavy atom. The fourth-order valence-electron chi connectivity index (χ4n) is 3.13. The number of hydrogen-bond acceptors (Lipinski definition) is 2. The van der Waals surface area contributed by atoms with Gasteiger partial charge in [0.25, 0.3) is 0 Å². The van der Waals surface area contributed by atoms with Gasteiger partial charge in [-0.3, -0.25) is 0 Å². The molecule has 2 rings (SSSR count). The van der Waals surface area contributed by atoms with Gasteiger partial charge in [0.15, 0.2) is 0 Å². The number of likely N-dealkylation sites (N-methyl/N-ethyl adjacent to an activating group) is 1. The van der Waals surface area contributed by atoms with Crippen molar-refractivity contribution in [1.82, 2.24) is 4.90 Å². The number of rotatable bonds is 3. The number of hydrogen-bond donors (Lipinski definition) is 1. The molecule has 0 aromatic heterocycles. The van der Waals surface area contributed by atoms with Crippen molar-refractivity contribution in [2.45, 2.75) is 51.0 Å². The summed E-state index contributed by atoms with van der Waals surface area (Å²) in [6.45, 7) is 5.29. The van der Waals surface area contributed by atoms with Gasteiger partial charge in [0, 0.05) is 13.1 Å². The second kappa shape index (κ2) is 4.19. The van der Waals surface area contributed by atoms with Crippen LogP contribution >= 0.6 is 0 Å². The molecule has 1 saturated heterocycles. The van der Waals surface area contributed by atoms with Crippen molar-refractivity contribution in [2.24, 2.45) is 5.92 Å². The van der Waals surface area contributed by atoms with E-state index in [0.717, 1.165) is 38.4 Å². The zero-order chi connectivity index (χ0) is 10.0. The van der Waals surface area contributed by atoms with E-state index >= 15 is 0 Å².